The van der Waals surface area contributed by atoms with Gasteiger partial charge in [-0.25, -0.2) is 0 Å². The Morgan fingerprint density at radius 3 is 2.77 bits per heavy atom. The van der Waals surface area contributed by atoms with E-state index >= 15 is 0 Å². The topological polar surface area (TPSA) is 87.5 Å². The van der Waals surface area contributed by atoms with Crippen molar-refractivity contribution in [2.45, 2.75) is 40.0 Å². The molecule has 0 atom stereocenters. The van der Waals surface area contributed by atoms with Crippen LogP contribution in [0.15, 0.2) is 30.5 Å². The Balaban J connectivity index is 1.56. The van der Waals surface area contributed by atoms with Crippen molar-refractivity contribution in [2.75, 3.05) is 20.1 Å². The van der Waals surface area contributed by atoms with E-state index in [1.807, 2.05) is 39.0 Å². The number of benzene rings is 1. The van der Waals surface area contributed by atoms with Crippen LogP contribution >= 0.6 is 0 Å². The number of likely N-dealkylation sites (tertiary alicyclic amines) is 1. The lowest BCUT2D eigenvalue weighted by Crippen LogP contribution is -2.52. The second-order valence-electron chi connectivity index (χ2n) is 7.84. The van der Waals surface area contributed by atoms with Crippen LogP contribution in [0.2, 0.25) is 0 Å². The van der Waals surface area contributed by atoms with Crippen molar-refractivity contribution in [1.82, 2.24) is 15.2 Å². The Morgan fingerprint density at radius 1 is 1.37 bits per heavy atom. The van der Waals surface area contributed by atoms with E-state index in [1.54, 1.807) is 19.3 Å². The van der Waals surface area contributed by atoms with Gasteiger partial charge >= 0.3 is 0 Å². The molecule has 0 bridgehead atoms. The highest BCUT2D eigenvalue weighted by Crippen LogP contribution is 2.24. The minimum absolute atomic E-state index is 0.0118. The standard InChI is InChI=1S/C23H28N4O3/c1-15(2)30-22-6-5-17(8-18(22)9-24)14-29-20-7-16(3)21(26-10-20)13-27-11-19(12-27)23(28)25-4/h5-8,10,15,19H,11-14H2,1-4H3,(H,25,28). The van der Waals surface area contributed by atoms with Crippen molar-refractivity contribution in [1.29, 1.82) is 5.26 Å². The van der Waals surface area contributed by atoms with Gasteiger partial charge in [-0.05, 0) is 50.1 Å². The smallest absolute Gasteiger partial charge is 0.225 e. The fraction of sp³-hybridized carbons (Fsp3) is 0.435. The molecule has 158 valence electrons. The zero-order valence-corrected chi connectivity index (χ0v) is 17.9. The summed E-state index contributed by atoms with van der Waals surface area (Å²) >= 11 is 0. The summed E-state index contributed by atoms with van der Waals surface area (Å²) in [6.07, 6.45) is 1.73. The fourth-order valence-corrected chi connectivity index (χ4v) is 3.38. The lowest BCUT2D eigenvalue weighted by molar-refractivity contribution is -0.129. The molecule has 7 nitrogen and oxygen atoms in total. The Kier molecular flexibility index (Phi) is 6.91. The highest BCUT2D eigenvalue weighted by Gasteiger charge is 2.32. The molecule has 1 aliphatic heterocycles. The van der Waals surface area contributed by atoms with Crippen molar-refractivity contribution >= 4 is 5.91 Å². The Morgan fingerprint density at radius 2 is 2.13 bits per heavy atom. The minimum Gasteiger partial charge on any atom is -0.490 e. The number of nitriles is 1. The summed E-state index contributed by atoms with van der Waals surface area (Å²) < 4.78 is 11.5. The number of nitrogens with one attached hydrogen (secondary N) is 1. The summed E-state index contributed by atoms with van der Waals surface area (Å²) in [6.45, 7) is 8.46. The summed E-state index contributed by atoms with van der Waals surface area (Å²) in [4.78, 5) is 18.4. The summed E-state index contributed by atoms with van der Waals surface area (Å²) in [5.74, 6) is 1.45. The third-order valence-electron chi connectivity index (χ3n) is 5.04. The van der Waals surface area contributed by atoms with Crippen LogP contribution in [0.5, 0.6) is 11.5 Å². The number of carbonyl (C=O) groups excluding carboxylic acids is 1. The third-order valence-corrected chi connectivity index (χ3v) is 5.04. The molecule has 0 unspecified atom stereocenters. The van der Waals surface area contributed by atoms with E-state index in [9.17, 15) is 10.1 Å². The molecule has 1 aromatic carbocycles. The number of hydrogen-bond donors (Lipinski definition) is 1. The van der Waals surface area contributed by atoms with E-state index in [0.29, 0.717) is 23.7 Å². The second kappa shape index (κ2) is 9.59. The molecular formula is C23H28N4O3. The van der Waals surface area contributed by atoms with Crippen LogP contribution in [0.1, 0.15) is 36.2 Å². The van der Waals surface area contributed by atoms with E-state index in [2.05, 4.69) is 21.3 Å². The average molecular weight is 409 g/mol. The zero-order chi connectivity index (χ0) is 21.7. The van der Waals surface area contributed by atoms with E-state index in [-0.39, 0.29) is 17.9 Å². The summed E-state index contributed by atoms with van der Waals surface area (Å²) in [5, 5.41) is 12.1. The number of ether oxygens (including phenoxy) is 2. The third kappa shape index (κ3) is 5.28. The Labute approximate surface area is 177 Å². The van der Waals surface area contributed by atoms with Crippen molar-refractivity contribution < 1.29 is 14.3 Å². The maximum Gasteiger partial charge on any atom is 0.225 e. The number of hydrogen-bond acceptors (Lipinski definition) is 6. The molecule has 1 aromatic heterocycles. The zero-order valence-electron chi connectivity index (χ0n) is 17.9. The van der Waals surface area contributed by atoms with Gasteiger partial charge in [0.25, 0.3) is 0 Å². The lowest BCUT2D eigenvalue weighted by Gasteiger charge is -2.37. The van der Waals surface area contributed by atoms with Crippen molar-refractivity contribution in [3.05, 3.63) is 52.8 Å². The molecule has 1 fully saturated rings. The van der Waals surface area contributed by atoms with Gasteiger partial charge in [-0.1, -0.05) is 6.07 Å². The van der Waals surface area contributed by atoms with Gasteiger partial charge in [0.2, 0.25) is 5.91 Å². The maximum atomic E-state index is 11.6. The number of rotatable bonds is 8. The molecule has 3 rings (SSSR count). The monoisotopic (exact) mass is 408 g/mol. The van der Waals surface area contributed by atoms with E-state index in [4.69, 9.17) is 9.47 Å². The number of amides is 1. The average Bonchev–Trinajstić information content (AvgIpc) is 2.69. The van der Waals surface area contributed by atoms with Gasteiger partial charge in [-0.2, -0.15) is 5.26 Å². The number of pyridine rings is 1. The van der Waals surface area contributed by atoms with Crippen molar-refractivity contribution in [2.24, 2.45) is 5.92 Å². The van der Waals surface area contributed by atoms with Gasteiger partial charge in [0.05, 0.1) is 29.5 Å². The van der Waals surface area contributed by atoms with Crippen LogP contribution in [-0.4, -0.2) is 42.0 Å². The Bertz CT molecular complexity index is 946. The van der Waals surface area contributed by atoms with E-state index in [0.717, 1.165) is 36.5 Å². The molecule has 0 saturated carbocycles. The van der Waals surface area contributed by atoms with Gasteiger partial charge < -0.3 is 14.8 Å². The van der Waals surface area contributed by atoms with E-state index < -0.39 is 0 Å². The molecule has 7 heteroatoms. The normalized spacial score (nSPS) is 14.1. The van der Waals surface area contributed by atoms with Crippen molar-refractivity contribution in [3.8, 4) is 17.6 Å². The van der Waals surface area contributed by atoms with Gasteiger partial charge in [0.15, 0.2) is 0 Å². The minimum atomic E-state index is 0.0118. The molecule has 1 aliphatic rings. The van der Waals surface area contributed by atoms with Crippen LogP contribution in [-0.2, 0) is 17.9 Å². The molecule has 0 aliphatic carbocycles. The highest BCUT2D eigenvalue weighted by atomic mass is 16.5. The fourth-order valence-electron chi connectivity index (χ4n) is 3.38. The van der Waals surface area contributed by atoms with Gasteiger partial charge in [0, 0.05) is 26.7 Å². The molecule has 0 spiro atoms. The predicted octanol–water partition coefficient (Wildman–Crippen LogP) is 2.81. The number of carbonyl (C=O) groups is 1. The van der Waals surface area contributed by atoms with E-state index in [1.165, 1.54) is 0 Å². The first kappa shape index (κ1) is 21.6. The van der Waals surface area contributed by atoms with Gasteiger partial charge in [0.1, 0.15) is 24.2 Å². The summed E-state index contributed by atoms with van der Waals surface area (Å²) in [7, 11) is 1.67. The second-order valence-corrected chi connectivity index (χ2v) is 7.84. The number of aryl methyl sites for hydroxylation is 1. The molecule has 1 amide bonds. The predicted molar refractivity (Wildman–Crippen MR) is 113 cm³/mol. The molecule has 30 heavy (non-hydrogen) atoms. The number of aromatic nitrogens is 1. The lowest BCUT2D eigenvalue weighted by atomic mass is 9.98. The molecular weight excluding hydrogens is 380 g/mol. The highest BCUT2D eigenvalue weighted by molar-refractivity contribution is 5.79. The summed E-state index contributed by atoms with van der Waals surface area (Å²) in [6, 6.07) is 9.65. The summed E-state index contributed by atoms with van der Waals surface area (Å²) in [5.41, 5.74) is 3.43. The van der Waals surface area contributed by atoms with Crippen molar-refractivity contribution in [3.63, 3.8) is 0 Å². The number of nitrogens with zero attached hydrogens (tertiary/aromatic N) is 3. The van der Waals surface area contributed by atoms with Crippen LogP contribution in [0, 0.1) is 24.2 Å². The molecule has 0 radical (unpaired) electrons. The van der Waals surface area contributed by atoms with Gasteiger partial charge in [-0.15, -0.1) is 0 Å². The van der Waals surface area contributed by atoms with Crippen LogP contribution in [0.3, 0.4) is 0 Å². The maximum absolute atomic E-state index is 11.6. The first-order valence-corrected chi connectivity index (χ1v) is 10.1. The molecule has 1 N–H and O–H groups in total. The van der Waals surface area contributed by atoms with Crippen LogP contribution < -0.4 is 14.8 Å². The first-order chi connectivity index (χ1) is 14.4. The largest absolute Gasteiger partial charge is 0.490 e. The molecule has 1 saturated heterocycles. The first-order valence-electron chi connectivity index (χ1n) is 10.1. The SMILES string of the molecule is CNC(=O)C1CN(Cc2ncc(OCc3ccc(OC(C)C)c(C#N)c3)cc2C)C1. The van der Waals surface area contributed by atoms with Gasteiger partial charge in [-0.3, -0.25) is 14.7 Å². The quantitative estimate of drug-likeness (QED) is 0.723. The molecule has 2 aromatic rings. The van der Waals surface area contributed by atoms with Crippen LogP contribution in [0.4, 0.5) is 0 Å². The molecule has 2 heterocycles. The van der Waals surface area contributed by atoms with Crippen LogP contribution in [0.25, 0.3) is 0 Å². The Hall–Kier alpha value is -3.11.